The molecule has 4 N–H and O–H groups in total. The zero-order valence-corrected chi connectivity index (χ0v) is 7.99. The second-order valence-corrected chi connectivity index (χ2v) is 3.26. The van der Waals surface area contributed by atoms with E-state index < -0.39 is 5.23 Å². The number of benzene rings is 1. The molecule has 5 nitrogen and oxygen atoms in total. The molecule has 1 aromatic carbocycles. The van der Waals surface area contributed by atoms with Gasteiger partial charge in [0.1, 0.15) is 0 Å². The maximum Gasteiger partial charge on any atom is 0.291 e. The summed E-state index contributed by atoms with van der Waals surface area (Å²) in [6.07, 6.45) is 0. The number of para-hydroxylation sites is 1. The molecule has 0 aliphatic carbocycles. The molecular weight excluding hydrogens is 202 g/mol. The smallest absolute Gasteiger partial charge is 0.291 e. The van der Waals surface area contributed by atoms with E-state index in [-0.39, 0.29) is 5.17 Å². The summed E-state index contributed by atoms with van der Waals surface area (Å²) >= 11 is 0.733. The fraction of sp³-hybridized carbons (Fsp3) is 0. The normalized spacial score (nSPS) is 11.1. The van der Waals surface area contributed by atoms with E-state index in [0.717, 1.165) is 11.8 Å². The van der Waals surface area contributed by atoms with Crippen LogP contribution in [0.25, 0.3) is 0 Å². The highest BCUT2D eigenvalue weighted by Gasteiger charge is 2.01. The molecule has 0 fully saturated rings. The molecule has 0 saturated heterocycles. The molecule has 6 heteroatoms. The molecule has 0 unspecified atom stereocenters. The first-order valence-electron chi connectivity index (χ1n) is 3.69. The van der Waals surface area contributed by atoms with Crippen molar-refractivity contribution in [1.29, 1.82) is 5.41 Å². The summed E-state index contributed by atoms with van der Waals surface area (Å²) in [6, 6.07) is 9.06. The molecule has 0 bridgehead atoms. The van der Waals surface area contributed by atoms with Gasteiger partial charge in [-0.3, -0.25) is 5.41 Å². The molecule has 0 aliphatic heterocycles. The number of amidine groups is 1. The Bertz CT molecular complexity index is 340. The zero-order valence-electron chi connectivity index (χ0n) is 7.18. The highest BCUT2D eigenvalue weighted by molar-refractivity contribution is 8.26. The van der Waals surface area contributed by atoms with Gasteiger partial charge in [0.05, 0.1) is 5.69 Å². The van der Waals surface area contributed by atoms with Crippen LogP contribution in [0.3, 0.4) is 0 Å². The SMILES string of the molecule is N=C(OO)SC(N)=Nc1ccccc1. The van der Waals surface area contributed by atoms with E-state index in [1.165, 1.54) is 0 Å². The summed E-state index contributed by atoms with van der Waals surface area (Å²) in [5.41, 5.74) is 6.15. The third-order valence-corrected chi connectivity index (χ3v) is 1.84. The average Bonchev–Trinajstić information content (AvgIpc) is 2.19. The van der Waals surface area contributed by atoms with Crippen LogP contribution in [0, 0.1) is 5.41 Å². The third-order valence-electron chi connectivity index (χ3n) is 1.28. The largest absolute Gasteiger partial charge is 0.378 e. The Balaban J connectivity index is 2.65. The summed E-state index contributed by atoms with van der Waals surface area (Å²) in [6.45, 7) is 0. The van der Waals surface area contributed by atoms with E-state index in [4.69, 9.17) is 16.4 Å². The molecule has 0 amide bonds. The maximum absolute atomic E-state index is 8.09. The van der Waals surface area contributed by atoms with Gasteiger partial charge in [-0.05, 0) is 12.1 Å². The van der Waals surface area contributed by atoms with Crippen LogP contribution in [0.5, 0.6) is 0 Å². The van der Waals surface area contributed by atoms with E-state index >= 15 is 0 Å². The first-order chi connectivity index (χ1) is 6.72. The van der Waals surface area contributed by atoms with Gasteiger partial charge in [0.2, 0.25) is 0 Å². The number of nitrogens with zero attached hydrogens (tertiary/aromatic N) is 1. The van der Waals surface area contributed by atoms with Crippen molar-refractivity contribution in [2.75, 3.05) is 0 Å². The number of aliphatic imine (C=N–C) groups is 1. The molecular formula is C8H9N3O2S. The fourth-order valence-electron chi connectivity index (χ4n) is 0.766. The summed E-state index contributed by atoms with van der Waals surface area (Å²) in [5, 5.41) is 14.8. The third kappa shape index (κ3) is 3.46. The minimum absolute atomic E-state index is 0.134. The Hall–Kier alpha value is -1.53. The van der Waals surface area contributed by atoms with Crippen molar-refractivity contribution in [1.82, 2.24) is 0 Å². The molecule has 0 atom stereocenters. The van der Waals surface area contributed by atoms with Gasteiger partial charge < -0.3 is 10.6 Å². The molecule has 0 heterocycles. The van der Waals surface area contributed by atoms with Crippen molar-refractivity contribution in [3.63, 3.8) is 0 Å². The monoisotopic (exact) mass is 211 g/mol. The van der Waals surface area contributed by atoms with E-state index in [2.05, 4.69) is 9.88 Å². The van der Waals surface area contributed by atoms with Crippen LogP contribution in [-0.2, 0) is 4.89 Å². The predicted octanol–water partition coefficient (Wildman–Crippen LogP) is 1.79. The van der Waals surface area contributed by atoms with Gasteiger partial charge in [-0.25, -0.2) is 10.2 Å². The predicted molar refractivity (Wildman–Crippen MR) is 56.8 cm³/mol. The van der Waals surface area contributed by atoms with Crippen LogP contribution in [-0.4, -0.2) is 15.7 Å². The summed E-state index contributed by atoms with van der Waals surface area (Å²) in [7, 11) is 0. The topological polar surface area (TPSA) is 91.7 Å². The lowest BCUT2D eigenvalue weighted by atomic mass is 10.3. The van der Waals surface area contributed by atoms with Crippen molar-refractivity contribution in [3.05, 3.63) is 30.3 Å². The first-order valence-corrected chi connectivity index (χ1v) is 4.51. The van der Waals surface area contributed by atoms with Crippen LogP contribution >= 0.6 is 11.8 Å². The second-order valence-electron chi connectivity index (χ2n) is 2.27. The van der Waals surface area contributed by atoms with Crippen LogP contribution < -0.4 is 5.73 Å². The van der Waals surface area contributed by atoms with Crippen molar-refractivity contribution in [2.24, 2.45) is 10.7 Å². The molecule has 0 radical (unpaired) electrons. The molecule has 0 spiro atoms. The van der Waals surface area contributed by atoms with Gasteiger partial charge in [-0.1, -0.05) is 18.2 Å². The quantitative estimate of drug-likeness (QED) is 0.286. The summed E-state index contributed by atoms with van der Waals surface area (Å²) in [4.78, 5) is 7.62. The highest BCUT2D eigenvalue weighted by Crippen LogP contribution is 2.13. The number of rotatable bonds is 1. The summed E-state index contributed by atoms with van der Waals surface area (Å²) in [5.74, 6) is 0. The Morgan fingerprint density at radius 1 is 1.43 bits per heavy atom. The van der Waals surface area contributed by atoms with Crippen LogP contribution in [0.15, 0.2) is 35.3 Å². The van der Waals surface area contributed by atoms with Crippen molar-refractivity contribution in [3.8, 4) is 0 Å². The van der Waals surface area contributed by atoms with E-state index in [9.17, 15) is 0 Å². The van der Waals surface area contributed by atoms with E-state index in [1.54, 1.807) is 12.1 Å². The fourth-order valence-corrected chi connectivity index (χ4v) is 1.14. The lowest BCUT2D eigenvalue weighted by Crippen LogP contribution is -2.10. The Kier molecular flexibility index (Phi) is 3.96. The van der Waals surface area contributed by atoms with Gasteiger partial charge in [-0.15, -0.1) is 0 Å². The van der Waals surface area contributed by atoms with E-state index in [1.807, 2.05) is 18.2 Å². The van der Waals surface area contributed by atoms with Gasteiger partial charge in [0, 0.05) is 11.8 Å². The molecule has 0 aliphatic rings. The Morgan fingerprint density at radius 3 is 2.64 bits per heavy atom. The maximum atomic E-state index is 8.09. The average molecular weight is 211 g/mol. The van der Waals surface area contributed by atoms with Crippen molar-refractivity contribution in [2.45, 2.75) is 0 Å². The zero-order chi connectivity index (χ0) is 10.4. The minimum Gasteiger partial charge on any atom is -0.378 e. The number of hydrogen-bond donors (Lipinski definition) is 3. The number of nitrogens with one attached hydrogen (secondary N) is 1. The van der Waals surface area contributed by atoms with Crippen LogP contribution in [0.2, 0.25) is 0 Å². The van der Waals surface area contributed by atoms with Crippen LogP contribution in [0.4, 0.5) is 5.69 Å². The number of thioether (sulfide) groups is 1. The standard InChI is InChI=1S/C8H9N3O2S/c9-7(14-8(10)13-12)11-6-4-2-1-3-5-6/h1-5,10,12H,(H2,9,11). The first kappa shape index (κ1) is 10.6. The van der Waals surface area contributed by atoms with Gasteiger partial charge in [-0.2, -0.15) is 0 Å². The van der Waals surface area contributed by atoms with Crippen molar-refractivity contribution >= 4 is 27.8 Å². The van der Waals surface area contributed by atoms with Gasteiger partial charge >= 0.3 is 0 Å². The second kappa shape index (κ2) is 5.25. The number of hydrogen-bond acceptors (Lipinski definition) is 5. The molecule has 14 heavy (non-hydrogen) atoms. The Morgan fingerprint density at radius 2 is 2.07 bits per heavy atom. The lowest BCUT2D eigenvalue weighted by molar-refractivity contribution is -0.151. The van der Waals surface area contributed by atoms with Gasteiger partial charge in [0.25, 0.3) is 5.23 Å². The minimum atomic E-state index is -0.415. The molecule has 0 aromatic heterocycles. The molecule has 0 saturated carbocycles. The molecule has 1 aromatic rings. The van der Waals surface area contributed by atoms with Crippen LogP contribution in [0.1, 0.15) is 0 Å². The Labute approximate surface area is 85.0 Å². The molecule has 74 valence electrons. The lowest BCUT2D eigenvalue weighted by Gasteiger charge is -1.98. The summed E-state index contributed by atoms with van der Waals surface area (Å²) < 4.78 is 0. The highest BCUT2D eigenvalue weighted by atomic mass is 32.2. The number of nitrogens with two attached hydrogens (primary N) is 1. The van der Waals surface area contributed by atoms with Crippen molar-refractivity contribution < 1.29 is 10.1 Å². The van der Waals surface area contributed by atoms with Gasteiger partial charge in [0.15, 0.2) is 5.17 Å². The van der Waals surface area contributed by atoms with E-state index in [0.29, 0.717) is 5.69 Å². The molecule has 1 rings (SSSR count).